The molecule has 0 radical (unpaired) electrons. The average molecular weight is 366 g/mol. The molecule has 0 saturated heterocycles. The number of aryl methyl sites for hydroxylation is 3. The van der Waals surface area contributed by atoms with Crippen LogP contribution in [0.4, 0.5) is 0 Å². The van der Waals surface area contributed by atoms with Crippen molar-refractivity contribution in [2.24, 2.45) is 0 Å². The Kier molecular flexibility index (Phi) is 6.03. The normalized spacial score (nSPS) is 12.6. The second-order valence-electron chi connectivity index (χ2n) is 5.69. The minimum absolute atomic E-state index is 0.403. The zero-order valence-corrected chi connectivity index (χ0v) is 15.7. The Morgan fingerprint density at radius 2 is 1.95 bits per heavy atom. The Balaban J connectivity index is 2.25. The van der Waals surface area contributed by atoms with Crippen molar-refractivity contribution < 1.29 is 0 Å². The van der Waals surface area contributed by atoms with Gasteiger partial charge in [-0.15, -0.1) is 11.3 Å². The van der Waals surface area contributed by atoms with Gasteiger partial charge in [-0.3, -0.25) is 0 Å². The van der Waals surface area contributed by atoms with Crippen molar-refractivity contribution in [2.45, 2.75) is 46.6 Å². The van der Waals surface area contributed by atoms with E-state index in [1.807, 2.05) is 11.3 Å². The molecule has 1 atom stereocenters. The van der Waals surface area contributed by atoms with Gasteiger partial charge >= 0.3 is 0 Å². The van der Waals surface area contributed by atoms with E-state index in [9.17, 15) is 0 Å². The second kappa shape index (κ2) is 7.57. The molecule has 1 aromatic heterocycles. The van der Waals surface area contributed by atoms with Gasteiger partial charge in [0.15, 0.2) is 0 Å². The lowest BCUT2D eigenvalue weighted by atomic mass is 9.98. The number of nitrogens with one attached hydrogen (secondary N) is 1. The fraction of sp³-hybridized carbons (Fsp3) is 0.444. The molecule has 21 heavy (non-hydrogen) atoms. The predicted octanol–water partition coefficient (Wildman–Crippen LogP) is 5.72. The van der Waals surface area contributed by atoms with Crippen molar-refractivity contribution in [3.05, 3.63) is 55.2 Å². The van der Waals surface area contributed by atoms with Crippen LogP contribution in [0.15, 0.2) is 28.7 Å². The molecule has 2 rings (SSSR count). The van der Waals surface area contributed by atoms with Crippen LogP contribution in [0.3, 0.4) is 0 Å². The van der Waals surface area contributed by atoms with Crippen LogP contribution in [0.1, 0.15) is 45.8 Å². The SMILES string of the molecule is CCCNC(Cc1cc(C)ccc1C)c1cc(Br)c(C)s1. The molecule has 0 fully saturated rings. The van der Waals surface area contributed by atoms with Crippen molar-refractivity contribution >= 4 is 27.3 Å². The Bertz CT molecular complexity index is 584. The molecule has 0 saturated carbocycles. The number of halogens is 1. The Morgan fingerprint density at radius 1 is 1.19 bits per heavy atom. The summed E-state index contributed by atoms with van der Waals surface area (Å²) < 4.78 is 1.23. The highest BCUT2D eigenvalue weighted by Crippen LogP contribution is 2.32. The fourth-order valence-electron chi connectivity index (χ4n) is 2.49. The van der Waals surface area contributed by atoms with Crippen molar-refractivity contribution in [1.82, 2.24) is 5.32 Å². The van der Waals surface area contributed by atoms with Gasteiger partial charge in [0.2, 0.25) is 0 Å². The molecule has 0 spiro atoms. The maximum Gasteiger partial charge on any atom is 0.0456 e. The van der Waals surface area contributed by atoms with E-state index in [0.29, 0.717) is 6.04 Å². The van der Waals surface area contributed by atoms with Crippen molar-refractivity contribution in [3.8, 4) is 0 Å². The first-order valence-electron chi connectivity index (χ1n) is 7.56. The summed E-state index contributed by atoms with van der Waals surface area (Å²) in [7, 11) is 0. The first-order valence-corrected chi connectivity index (χ1v) is 9.17. The quantitative estimate of drug-likeness (QED) is 0.690. The van der Waals surface area contributed by atoms with Gasteiger partial charge < -0.3 is 5.32 Å². The molecule has 0 amide bonds. The van der Waals surface area contributed by atoms with Gasteiger partial charge in [-0.25, -0.2) is 0 Å². The predicted molar refractivity (Wildman–Crippen MR) is 97.4 cm³/mol. The Hall–Kier alpha value is -0.640. The highest BCUT2D eigenvalue weighted by Gasteiger charge is 2.16. The van der Waals surface area contributed by atoms with E-state index in [0.717, 1.165) is 19.4 Å². The third kappa shape index (κ3) is 4.41. The van der Waals surface area contributed by atoms with Crippen molar-refractivity contribution in [3.63, 3.8) is 0 Å². The number of thiophene rings is 1. The van der Waals surface area contributed by atoms with Crippen LogP contribution >= 0.6 is 27.3 Å². The first-order chi connectivity index (χ1) is 10.0. The Morgan fingerprint density at radius 3 is 2.57 bits per heavy atom. The van der Waals surface area contributed by atoms with Crippen LogP contribution in [0.2, 0.25) is 0 Å². The van der Waals surface area contributed by atoms with Gasteiger partial charge in [0.05, 0.1) is 0 Å². The average Bonchev–Trinajstić information content (AvgIpc) is 2.78. The van der Waals surface area contributed by atoms with Gasteiger partial charge in [0, 0.05) is 20.3 Å². The minimum atomic E-state index is 0.403. The smallest absolute Gasteiger partial charge is 0.0456 e. The van der Waals surface area contributed by atoms with Crippen LogP contribution in [-0.4, -0.2) is 6.54 Å². The van der Waals surface area contributed by atoms with Crippen LogP contribution in [0, 0.1) is 20.8 Å². The van der Waals surface area contributed by atoms with E-state index in [4.69, 9.17) is 0 Å². The summed E-state index contributed by atoms with van der Waals surface area (Å²) in [5.41, 5.74) is 4.18. The molecule has 0 aliphatic heterocycles. The van der Waals surface area contributed by atoms with Crippen LogP contribution in [-0.2, 0) is 6.42 Å². The van der Waals surface area contributed by atoms with E-state index < -0.39 is 0 Å². The lowest BCUT2D eigenvalue weighted by Gasteiger charge is -2.19. The third-order valence-electron chi connectivity index (χ3n) is 3.79. The lowest BCUT2D eigenvalue weighted by molar-refractivity contribution is 0.535. The molecule has 3 heteroatoms. The summed E-state index contributed by atoms with van der Waals surface area (Å²) in [6, 6.07) is 9.43. The summed E-state index contributed by atoms with van der Waals surface area (Å²) in [6.07, 6.45) is 2.22. The van der Waals surface area contributed by atoms with E-state index in [-0.39, 0.29) is 0 Å². The molecule has 1 heterocycles. The summed E-state index contributed by atoms with van der Waals surface area (Å²) in [5, 5.41) is 3.71. The summed E-state index contributed by atoms with van der Waals surface area (Å²) in [6.45, 7) is 9.83. The molecule has 0 aliphatic rings. The molecule has 1 nitrogen and oxygen atoms in total. The van der Waals surface area contributed by atoms with Crippen molar-refractivity contribution in [2.75, 3.05) is 6.54 Å². The highest BCUT2D eigenvalue weighted by atomic mass is 79.9. The molecule has 0 bridgehead atoms. The first kappa shape index (κ1) is 16.7. The number of hydrogen-bond acceptors (Lipinski definition) is 2. The summed E-state index contributed by atoms with van der Waals surface area (Å²) in [4.78, 5) is 2.78. The Labute approximate surface area is 140 Å². The molecule has 1 aromatic carbocycles. The number of hydrogen-bond donors (Lipinski definition) is 1. The van der Waals surface area contributed by atoms with Gasteiger partial charge in [-0.1, -0.05) is 30.7 Å². The fourth-order valence-corrected chi connectivity index (χ4v) is 4.12. The minimum Gasteiger partial charge on any atom is -0.309 e. The van der Waals surface area contributed by atoms with Gasteiger partial charge in [0.25, 0.3) is 0 Å². The number of benzene rings is 1. The van der Waals surface area contributed by atoms with Crippen LogP contribution in [0.25, 0.3) is 0 Å². The highest BCUT2D eigenvalue weighted by molar-refractivity contribution is 9.10. The van der Waals surface area contributed by atoms with E-state index in [1.54, 1.807) is 0 Å². The standard InChI is InChI=1S/C18H24BrNS/c1-5-8-20-17(18-11-16(19)14(4)21-18)10-15-9-12(2)6-7-13(15)3/h6-7,9,11,17,20H,5,8,10H2,1-4H3. The summed E-state index contributed by atoms with van der Waals surface area (Å²) in [5.74, 6) is 0. The van der Waals surface area contributed by atoms with Gasteiger partial charge in [-0.2, -0.15) is 0 Å². The van der Waals surface area contributed by atoms with E-state index in [1.165, 1.54) is 30.9 Å². The molecule has 1 N–H and O–H groups in total. The monoisotopic (exact) mass is 365 g/mol. The van der Waals surface area contributed by atoms with E-state index in [2.05, 4.69) is 73.2 Å². The van der Waals surface area contributed by atoms with Crippen molar-refractivity contribution in [1.29, 1.82) is 0 Å². The van der Waals surface area contributed by atoms with Gasteiger partial charge in [-0.05, 0) is 73.3 Å². The zero-order valence-electron chi connectivity index (χ0n) is 13.3. The largest absolute Gasteiger partial charge is 0.309 e. The second-order valence-corrected chi connectivity index (χ2v) is 7.84. The maximum absolute atomic E-state index is 3.71. The topological polar surface area (TPSA) is 12.0 Å². The summed E-state index contributed by atoms with van der Waals surface area (Å²) >= 11 is 5.54. The van der Waals surface area contributed by atoms with Crippen LogP contribution in [0.5, 0.6) is 0 Å². The molecule has 114 valence electrons. The molecular formula is C18H24BrNS. The number of rotatable bonds is 6. The molecule has 0 aliphatic carbocycles. The van der Waals surface area contributed by atoms with Crippen LogP contribution < -0.4 is 5.32 Å². The zero-order chi connectivity index (χ0) is 15.4. The molecule has 1 unspecified atom stereocenters. The maximum atomic E-state index is 3.71. The van der Waals surface area contributed by atoms with E-state index >= 15 is 0 Å². The third-order valence-corrected chi connectivity index (χ3v) is 6.04. The van der Waals surface area contributed by atoms with Gasteiger partial charge in [0.1, 0.15) is 0 Å². The molecular weight excluding hydrogens is 342 g/mol. The molecule has 2 aromatic rings. The lowest BCUT2D eigenvalue weighted by Crippen LogP contribution is -2.23.